The Morgan fingerprint density at radius 1 is 1.35 bits per heavy atom. The van der Waals surface area contributed by atoms with Crippen molar-refractivity contribution in [1.82, 2.24) is 10.3 Å². The summed E-state index contributed by atoms with van der Waals surface area (Å²) in [5.41, 5.74) is 2.21. The third-order valence-corrected chi connectivity index (χ3v) is 5.22. The highest BCUT2D eigenvalue weighted by molar-refractivity contribution is 7.99. The Labute approximate surface area is 127 Å². The molecule has 106 valence electrons. The molecule has 2 aromatic rings. The number of aromatic nitrogens is 1. The Hall–Kier alpha value is -1.04. The average molecular weight is 306 g/mol. The van der Waals surface area contributed by atoms with Crippen LogP contribution in [0.15, 0.2) is 29.6 Å². The molecule has 1 N–H and O–H groups in total. The first-order chi connectivity index (χ1) is 9.86. The van der Waals surface area contributed by atoms with E-state index in [1.165, 1.54) is 10.8 Å². The number of ether oxygens (including phenoxy) is 1. The molecule has 5 heteroatoms. The second kappa shape index (κ2) is 6.61. The van der Waals surface area contributed by atoms with Gasteiger partial charge in [0.05, 0.1) is 18.3 Å². The molecule has 2 heterocycles. The van der Waals surface area contributed by atoms with E-state index < -0.39 is 0 Å². The van der Waals surface area contributed by atoms with Gasteiger partial charge in [0.15, 0.2) is 0 Å². The first kappa shape index (κ1) is 13.9. The Balaban J connectivity index is 1.75. The highest BCUT2D eigenvalue weighted by Crippen LogP contribution is 2.29. The summed E-state index contributed by atoms with van der Waals surface area (Å²) in [6.07, 6.45) is 0. The molecule has 0 radical (unpaired) electrons. The highest BCUT2D eigenvalue weighted by atomic mass is 32.2. The molecule has 1 aromatic heterocycles. The molecule has 3 nitrogen and oxygen atoms in total. The SMILES string of the molecule is CCOc1ccc(-c2csc(C3CSCCN3)n2)cc1. The van der Waals surface area contributed by atoms with Gasteiger partial charge >= 0.3 is 0 Å². The topological polar surface area (TPSA) is 34.1 Å². The maximum atomic E-state index is 5.47. The minimum atomic E-state index is 0.412. The van der Waals surface area contributed by atoms with Gasteiger partial charge in [-0.3, -0.25) is 0 Å². The molecular weight excluding hydrogens is 288 g/mol. The molecule has 1 unspecified atom stereocenters. The van der Waals surface area contributed by atoms with Crippen LogP contribution in [-0.2, 0) is 0 Å². The Kier molecular flexibility index (Phi) is 4.60. The van der Waals surface area contributed by atoms with Gasteiger partial charge in [0, 0.05) is 29.0 Å². The predicted octanol–water partition coefficient (Wildman–Crippen LogP) is 3.59. The lowest BCUT2D eigenvalue weighted by Gasteiger charge is -2.20. The van der Waals surface area contributed by atoms with E-state index in [0.29, 0.717) is 12.6 Å². The fourth-order valence-electron chi connectivity index (χ4n) is 2.19. The van der Waals surface area contributed by atoms with Crippen molar-refractivity contribution in [2.24, 2.45) is 0 Å². The van der Waals surface area contributed by atoms with Crippen molar-refractivity contribution in [2.75, 3.05) is 24.7 Å². The maximum Gasteiger partial charge on any atom is 0.119 e. The van der Waals surface area contributed by atoms with E-state index in [4.69, 9.17) is 9.72 Å². The van der Waals surface area contributed by atoms with Crippen molar-refractivity contribution in [2.45, 2.75) is 13.0 Å². The molecule has 0 amide bonds. The number of hydrogen-bond acceptors (Lipinski definition) is 5. The van der Waals surface area contributed by atoms with Crippen LogP contribution in [-0.4, -0.2) is 29.6 Å². The number of thiazole rings is 1. The normalized spacial score (nSPS) is 18.9. The van der Waals surface area contributed by atoms with Gasteiger partial charge in [0.25, 0.3) is 0 Å². The molecule has 1 aromatic carbocycles. The molecule has 1 aliphatic rings. The van der Waals surface area contributed by atoms with E-state index in [1.54, 1.807) is 11.3 Å². The van der Waals surface area contributed by atoms with Crippen LogP contribution in [0.1, 0.15) is 18.0 Å². The number of nitrogens with one attached hydrogen (secondary N) is 1. The molecule has 0 saturated carbocycles. The third-order valence-electron chi connectivity index (χ3n) is 3.20. The summed E-state index contributed by atoms with van der Waals surface area (Å²) in [6.45, 7) is 3.77. The molecule has 0 spiro atoms. The fourth-order valence-corrected chi connectivity index (χ4v) is 4.14. The van der Waals surface area contributed by atoms with E-state index in [-0.39, 0.29) is 0 Å². The minimum absolute atomic E-state index is 0.412. The number of nitrogens with zero attached hydrogens (tertiary/aromatic N) is 1. The average Bonchev–Trinajstić information content (AvgIpc) is 2.99. The van der Waals surface area contributed by atoms with Gasteiger partial charge in [-0.15, -0.1) is 11.3 Å². The van der Waals surface area contributed by atoms with Crippen LogP contribution >= 0.6 is 23.1 Å². The van der Waals surface area contributed by atoms with Crippen molar-refractivity contribution in [3.63, 3.8) is 0 Å². The molecule has 3 rings (SSSR count). The Bertz CT molecular complexity index is 547. The van der Waals surface area contributed by atoms with Crippen molar-refractivity contribution in [3.05, 3.63) is 34.7 Å². The molecule has 1 aliphatic heterocycles. The zero-order valence-corrected chi connectivity index (χ0v) is 13.1. The summed E-state index contributed by atoms with van der Waals surface area (Å²) in [7, 11) is 0. The number of hydrogen-bond donors (Lipinski definition) is 1. The second-order valence-electron chi connectivity index (χ2n) is 4.61. The van der Waals surface area contributed by atoms with Gasteiger partial charge in [0.2, 0.25) is 0 Å². The largest absolute Gasteiger partial charge is 0.494 e. The molecule has 0 bridgehead atoms. The summed E-state index contributed by atoms with van der Waals surface area (Å²) >= 11 is 3.75. The van der Waals surface area contributed by atoms with E-state index in [1.807, 2.05) is 30.8 Å². The van der Waals surface area contributed by atoms with Crippen molar-refractivity contribution in [3.8, 4) is 17.0 Å². The summed E-state index contributed by atoms with van der Waals surface area (Å²) in [4.78, 5) is 4.78. The molecule has 1 fully saturated rings. The van der Waals surface area contributed by atoms with E-state index >= 15 is 0 Å². The smallest absolute Gasteiger partial charge is 0.119 e. The van der Waals surface area contributed by atoms with E-state index in [0.717, 1.165) is 29.3 Å². The fraction of sp³-hybridized carbons (Fsp3) is 0.400. The molecule has 1 atom stereocenters. The van der Waals surface area contributed by atoms with Crippen molar-refractivity contribution < 1.29 is 4.74 Å². The first-order valence-electron chi connectivity index (χ1n) is 6.86. The molecular formula is C15H18N2OS2. The molecule has 1 saturated heterocycles. The zero-order valence-electron chi connectivity index (χ0n) is 11.5. The lowest BCUT2D eigenvalue weighted by molar-refractivity contribution is 0.340. The lowest BCUT2D eigenvalue weighted by Crippen LogP contribution is -2.30. The summed E-state index contributed by atoms with van der Waals surface area (Å²) in [5, 5.41) is 6.87. The maximum absolute atomic E-state index is 5.47. The summed E-state index contributed by atoms with van der Waals surface area (Å²) < 4.78 is 5.47. The van der Waals surface area contributed by atoms with Crippen LogP contribution < -0.4 is 10.1 Å². The first-order valence-corrected chi connectivity index (χ1v) is 8.90. The van der Waals surface area contributed by atoms with Crippen LogP contribution in [0, 0.1) is 0 Å². The monoisotopic (exact) mass is 306 g/mol. The van der Waals surface area contributed by atoms with Gasteiger partial charge in [-0.25, -0.2) is 4.98 Å². The van der Waals surface area contributed by atoms with Crippen LogP contribution in [0.5, 0.6) is 5.75 Å². The van der Waals surface area contributed by atoms with Gasteiger partial charge in [-0.05, 0) is 31.2 Å². The Morgan fingerprint density at radius 3 is 2.90 bits per heavy atom. The van der Waals surface area contributed by atoms with Crippen LogP contribution in [0.25, 0.3) is 11.3 Å². The Morgan fingerprint density at radius 2 is 2.20 bits per heavy atom. The zero-order chi connectivity index (χ0) is 13.8. The van der Waals surface area contributed by atoms with Gasteiger partial charge in [0.1, 0.15) is 10.8 Å². The number of rotatable bonds is 4. The predicted molar refractivity (Wildman–Crippen MR) is 86.8 cm³/mol. The van der Waals surface area contributed by atoms with E-state index in [2.05, 4.69) is 22.8 Å². The van der Waals surface area contributed by atoms with Gasteiger partial charge < -0.3 is 10.1 Å². The lowest BCUT2D eigenvalue weighted by atomic mass is 10.2. The van der Waals surface area contributed by atoms with Crippen molar-refractivity contribution in [1.29, 1.82) is 0 Å². The summed E-state index contributed by atoms with van der Waals surface area (Å²) in [6, 6.07) is 8.58. The number of thioether (sulfide) groups is 1. The van der Waals surface area contributed by atoms with Crippen LogP contribution in [0.3, 0.4) is 0 Å². The minimum Gasteiger partial charge on any atom is -0.494 e. The van der Waals surface area contributed by atoms with Gasteiger partial charge in [-0.2, -0.15) is 11.8 Å². The number of benzene rings is 1. The van der Waals surface area contributed by atoms with Gasteiger partial charge in [-0.1, -0.05) is 0 Å². The standard InChI is InChI=1S/C15H18N2OS2/c1-2-18-12-5-3-11(4-6-12)13-10-20-15(17-13)14-9-19-8-7-16-14/h3-6,10,14,16H,2,7-9H2,1H3. The second-order valence-corrected chi connectivity index (χ2v) is 6.65. The third kappa shape index (κ3) is 3.16. The van der Waals surface area contributed by atoms with Crippen LogP contribution in [0.2, 0.25) is 0 Å². The highest BCUT2D eigenvalue weighted by Gasteiger charge is 2.18. The quantitative estimate of drug-likeness (QED) is 0.936. The van der Waals surface area contributed by atoms with E-state index in [9.17, 15) is 0 Å². The van der Waals surface area contributed by atoms with Crippen LogP contribution in [0.4, 0.5) is 0 Å². The summed E-state index contributed by atoms with van der Waals surface area (Å²) in [5.74, 6) is 3.24. The molecule has 20 heavy (non-hydrogen) atoms. The van der Waals surface area contributed by atoms with Crippen molar-refractivity contribution >= 4 is 23.1 Å². The molecule has 0 aliphatic carbocycles.